The number of carbonyl (C=O) groups is 1. The molecule has 2 N–H and O–H groups in total. The number of rotatable bonds is 3. The number of piperidine rings is 1. The molecule has 20 heavy (non-hydrogen) atoms. The number of nitrogens with one attached hydrogen (secondary N) is 2. The fourth-order valence-corrected chi connectivity index (χ4v) is 2.96. The van der Waals surface area contributed by atoms with Gasteiger partial charge in [0.15, 0.2) is 0 Å². The molecule has 1 saturated heterocycles. The van der Waals surface area contributed by atoms with E-state index >= 15 is 0 Å². The van der Waals surface area contributed by atoms with E-state index in [1.807, 2.05) is 16.8 Å². The van der Waals surface area contributed by atoms with E-state index in [1.54, 1.807) is 0 Å². The lowest BCUT2D eigenvalue weighted by Crippen LogP contribution is -2.48. The summed E-state index contributed by atoms with van der Waals surface area (Å²) in [5, 5.41) is 6.52. The molecule has 2 rings (SSSR count). The Morgan fingerprint density at radius 1 is 1.55 bits per heavy atom. The summed E-state index contributed by atoms with van der Waals surface area (Å²) < 4.78 is 2.95. The van der Waals surface area contributed by atoms with Crippen LogP contribution in [0.25, 0.3) is 0 Å². The monoisotopic (exact) mass is 363 g/mol. The average Bonchev–Trinajstić information content (AvgIpc) is 2.74. The van der Waals surface area contributed by atoms with Crippen molar-refractivity contribution in [2.75, 3.05) is 13.1 Å². The molecule has 0 aliphatic carbocycles. The summed E-state index contributed by atoms with van der Waals surface area (Å²) in [7, 11) is 0. The van der Waals surface area contributed by atoms with Gasteiger partial charge in [-0.05, 0) is 61.3 Å². The number of nitrogens with zero attached hydrogens (tertiary/aromatic N) is 1. The maximum Gasteiger partial charge on any atom is 0.268 e. The van der Waals surface area contributed by atoms with Gasteiger partial charge in [0, 0.05) is 22.8 Å². The maximum atomic E-state index is 12.4. The second-order valence-electron chi connectivity index (χ2n) is 5.59. The molecule has 0 saturated carbocycles. The Morgan fingerprint density at radius 2 is 2.25 bits per heavy atom. The van der Waals surface area contributed by atoms with E-state index in [0.29, 0.717) is 5.92 Å². The Hall–Kier alpha value is -0.520. The number of hydrogen-bond acceptors (Lipinski definition) is 2. The molecule has 1 aromatic heterocycles. The Bertz CT molecular complexity index is 461. The van der Waals surface area contributed by atoms with Gasteiger partial charge in [0.05, 0.1) is 0 Å². The first-order valence-corrected chi connectivity index (χ1v) is 7.67. The molecule has 2 unspecified atom stereocenters. The highest BCUT2D eigenvalue weighted by atomic mass is 79.9. The summed E-state index contributed by atoms with van der Waals surface area (Å²) in [5.74, 6) is 0.502. The minimum Gasteiger partial charge on any atom is -0.348 e. The standard InChI is InChI=1S/C14H22BrN3O.ClH/c1-9(2)18-8-11(15)6-13(18)14(19)17-12-4-5-16-7-10(12)3;/h6,8-10,12,16H,4-5,7H2,1-3H3,(H,17,19);1H. The molecule has 1 amide bonds. The second-order valence-corrected chi connectivity index (χ2v) is 6.51. The molecule has 114 valence electrons. The summed E-state index contributed by atoms with van der Waals surface area (Å²) in [4.78, 5) is 12.4. The van der Waals surface area contributed by atoms with Gasteiger partial charge in [0.25, 0.3) is 5.91 Å². The lowest BCUT2D eigenvalue weighted by atomic mass is 9.95. The number of carbonyl (C=O) groups excluding carboxylic acids is 1. The molecule has 1 aliphatic heterocycles. The number of hydrogen-bond donors (Lipinski definition) is 2. The van der Waals surface area contributed by atoms with Gasteiger partial charge in [0.1, 0.15) is 5.69 Å². The minimum atomic E-state index is 0. The molecule has 0 aromatic carbocycles. The predicted octanol–water partition coefficient (Wildman–Crippen LogP) is 2.98. The average molecular weight is 365 g/mol. The maximum absolute atomic E-state index is 12.4. The van der Waals surface area contributed by atoms with Gasteiger partial charge in [-0.25, -0.2) is 0 Å². The van der Waals surface area contributed by atoms with E-state index < -0.39 is 0 Å². The normalized spacial score (nSPS) is 22.4. The van der Waals surface area contributed by atoms with E-state index in [1.165, 1.54) is 0 Å². The molecule has 0 spiro atoms. The van der Waals surface area contributed by atoms with Crippen LogP contribution < -0.4 is 10.6 Å². The van der Waals surface area contributed by atoms with Crippen LogP contribution in [0.5, 0.6) is 0 Å². The highest BCUT2D eigenvalue weighted by Crippen LogP contribution is 2.20. The third-order valence-electron chi connectivity index (χ3n) is 3.71. The van der Waals surface area contributed by atoms with Gasteiger partial charge in [0.2, 0.25) is 0 Å². The molecule has 2 atom stereocenters. The fourth-order valence-electron chi connectivity index (χ4n) is 2.53. The van der Waals surface area contributed by atoms with Crippen LogP contribution in [0.3, 0.4) is 0 Å². The second kappa shape index (κ2) is 7.48. The topological polar surface area (TPSA) is 46.1 Å². The quantitative estimate of drug-likeness (QED) is 0.866. The number of halogens is 2. The molecular formula is C14H23BrClN3O. The molecule has 1 aromatic rings. The Morgan fingerprint density at radius 3 is 2.85 bits per heavy atom. The van der Waals surface area contributed by atoms with Crippen molar-refractivity contribution < 1.29 is 4.79 Å². The minimum absolute atomic E-state index is 0. The van der Waals surface area contributed by atoms with Crippen LogP contribution in [-0.2, 0) is 0 Å². The predicted molar refractivity (Wildman–Crippen MR) is 87.7 cm³/mol. The fraction of sp³-hybridized carbons (Fsp3) is 0.643. The summed E-state index contributed by atoms with van der Waals surface area (Å²) in [6.45, 7) is 8.28. The zero-order valence-corrected chi connectivity index (χ0v) is 14.6. The van der Waals surface area contributed by atoms with Crippen molar-refractivity contribution >= 4 is 34.2 Å². The summed E-state index contributed by atoms with van der Waals surface area (Å²) >= 11 is 3.45. The van der Waals surface area contributed by atoms with E-state index in [4.69, 9.17) is 0 Å². The Kier molecular flexibility index (Phi) is 6.55. The van der Waals surface area contributed by atoms with Gasteiger partial charge in [-0.2, -0.15) is 0 Å². The van der Waals surface area contributed by atoms with Crippen LogP contribution in [0, 0.1) is 5.92 Å². The van der Waals surface area contributed by atoms with Crippen molar-refractivity contribution in [1.29, 1.82) is 0 Å². The van der Waals surface area contributed by atoms with Gasteiger partial charge in [-0.15, -0.1) is 12.4 Å². The third-order valence-corrected chi connectivity index (χ3v) is 4.14. The first-order chi connectivity index (χ1) is 8.99. The largest absolute Gasteiger partial charge is 0.348 e. The zero-order chi connectivity index (χ0) is 14.0. The van der Waals surface area contributed by atoms with Crippen molar-refractivity contribution in [3.63, 3.8) is 0 Å². The van der Waals surface area contributed by atoms with Crippen molar-refractivity contribution in [2.45, 2.75) is 39.3 Å². The van der Waals surface area contributed by atoms with Crippen LogP contribution in [0.4, 0.5) is 0 Å². The van der Waals surface area contributed by atoms with E-state index in [-0.39, 0.29) is 30.4 Å². The van der Waals surface area contributed by atoms with Crippen molar-refractivity contribution in [2.24, 2.45) is 5.92 Å². The van der Waals surface area contributed by atoms with Crippen molar-refractivity contribution in [3.8, 4) is 0 Å². The van der Waals surface area contributed by atoms with Crippen LogP contribution in [0.2, 0.25) is 0 Å². The van der Waals surface area contributed by atoms with Gasteiger partial charge >= 0.3 is 0 Å². The highest BCUT2D eigenvalue weighted by molar-refractivity contribution is 9.10. The lowest BCUT2D eigenvalue weighted by Gasteiger charge is -2.30. The highest BCUT2D eigenvalue weighted by Gasteiger charge is 2.24. The van der Waals surface area contributed by atoms with Crippen LogP contribution in [-0.4, -0.2) is 29.6 Å². The van der Waals surface area contributed by atoms with Gasteiger partial charge in [-0.3, -0.25) is 4.79 Å². The number of aromatic nitrogens is 1. The molecule has 6 heteroatoms. The first-order valence-electron chi connectivity index (χ1n) is 6.88. The lowest BCUT2D eigenvalue weighted by molar-refractivity contribution is 0.0903. The molecular weight excluding hydrogens is 342 g/mol. The van der Waals surface area contributed by atoms with Crippen LogP contribution in [0.15, 0.2) is 16.7 Å². The molecule has 0 radical (unpaired) electrons. The van der Waals surface area contributed by atoms with E-state index in [9.17, 15) is 4.79 Å². The van der Waals surface area contributed by atoms with Gasteiger partial charge < -0.3 is 15.2 Å². The molecule has 4 nitrogen and oxygen atoms in total. The van der Waals surface area contributed by atoms with Crippen LogP contribution >= 0.6 is 28.3 Å². The van der Waals surface area contributed by atoms with Crippen molar-refractivity contribution in [3.05, 3.63) is 22.4 Å². The van der Waals surface area contributed by atoms with Crippen molar-refractivity contribution in [1.82, 2.24) is 15.2 Å². The molecule has 0 bridgehead atoms. The SMILES string of the molecule is CC1CNCCC1NC(=O)c1cc(Br)cn1C(C)C.Cl. The van der Waals surface area contributed by atoms with E-state index in [2.05, 4.69) is 47.3 Å². The van der Waals surface area contributed by atoms with Gasteiger partial charge in [-0.1, -0.05) is 6.92 Å². The van der Waals surface area contributed by atoms with Crippen LogP contribution in [0.1, 0.15) is 43.7 Å². The summed E-state index contributed by atoms with van der Waals surface area (Å²) in [5.41, 5.74) is 0.729. The van der Waals surface area contributed by atoms with E-state index in [0.717, 1.165) is 29.7 Å². The first kappa shape index (κ1) is 17.5. The Balaban J connectivity index is 0.00000200. The number of amides is 1. The molecule has 1 fully saturated rings. The Labute approximate surface area is 135 Å². The summed E-state index contributed by atoms with van der Waals surface area (Å²) in [6.07, 6.45) is 2.96. The smallest absolute Gasteiger partial charge is 0.268 e. The molecule has 2 heterocycles. The zero-order valence-electron chi connectivity index (χ0n) is 12.1. The molecule has 1 aliphatic rings. The summed E-state index contributed by atoms with van der Waals surface area (Å²) in [6, 6.07) is 2.43. The third kappa shape index (κ3) is 3.99.